The van der Waals surface area contributed by atoms with Gasteiger partial charge in [-0.25, -0.2) is 8.42 Å². The van der Waals surface area contributed by atoms with E-state index >= 15 is 0 Å². The molecule has 1 heterocycles. The van der Waals surface area contributed by atoms with Gasteiger partial charge in [-0.15, -0.1) is 11.3 Å². The number of thiophene rings is 1. The van der Waals surface area contributed by atoms with Crippen molar-refractivity contribution < 1.29 is 13.2 Å². The number of nitrogens with two attached hydrogens (primary N) is 1. The van der Waals surface area contributed by atoms with Crippen molar-refractivity contribution in [3.63, 3.8) is 0 Å². The van der Waals surface area contributed by atoms with E-state index in [-0.39, 0.29) is 4.21 Å². The molecular weight excluding hydrogens is 352 g/mol. The summed E-state index contributed by atoms with van der Waals surface area (Å²) in [4.78, 5) is 10.9. The van der Waals surface area contributed by atoms with Crippen molar-refractivity contribution in [3.8, 4) is 0 Å². The molecule has 1 amide bonds. The molecule has 100 valence electrons. The Bertz CT molecular complexity index is 708. The first-order valence-electron chi connectivity index (χ1n) is 5.06. The summed E-state index contributed by atoms with van der Waals surface area (Å²) in [5.74, 6) is -0.560. The van der Waals surface area contributed by atoms with E-state index in [1.807, 2.05) is 0 Å². The Labute approximate surface area is 122 Å². The van der Waals surface area contributed by atoms with Gasteiger partial charge in [0.05, 0.1) is 0 Å². The zero-order valence-electron chi connectivity index (χ0n) is 9.46. The van der Waals surface area contributed by atoms with Gasteiger partial charge >= 0.3 is 0 Å². The fraction of sp³-hybridized carbons (Fsp3) is 0. The first kappa shape index (κ1) is 14.0. The summed E-state index contributed by atoms with van der Waals surface area (Å²) in [6.07, 6.45) is 0. The molecule has 0 radical (unpaired) electrons. The zero-order chi connectivity index (χ0) is 14.0. The summed E-state index contributed by atoms with van der Waals surface area (Å²) in [5.41, 5.74) is 5.79. The molecule has 2 aromatic rings. The number of amides is 1. The lowest BCUT2D eigenvalue weighted by atomic mass is 10.2. The number of hydrogen-bond acceptors (Lipinski definition) is 4. The van der Waals surface area contributed by atoms with Gasteiger partial charge in [-0.3, -0.25) is 9.52 Å². The molecular formula is C11H9BrN2O3S2. The molecule has 0 fully saturated rings. The summed E-state index contributed by atoms with van der Waals surface area (Å²) in [7, 11) is -3.63. The average Bonchev–Trinajstić information content (AvgIpc) is 2.76. The van der Waals surface area contributed by atoms with Gasteiger partial charge in [0.25, 0.3) is 10.0 Å². The van der Waals surface area contributed by atoms with Gasteiger partial charge in [0, 0.05) is 15.7 Å². The zero-order valence-corrected chi connectivity index (χ0v) is 12.7. The van der Waals surface area contributed by atoms with Crippen molar-refractivity contribution in [1.82, 2.24) is 0 Å². The van der Waals surface area contributed by atoms with E-state index in [9.17, 15) is 13.2 Å². The van der Waals surface area contributed by atoms with E-state index in [0.717, 1.165) is 11.3 Å². The predicted molar refractivity (Wildman–Crippen MR) is 77.8 cm³/mol. The number of nitrogens with one attached hydrogen (secondary N) is 1. The molecule has 8 heteroatoms. The lowest BCUT2D eigenvalue weighted by molar-refractivity contribution is 0.100. The smallest absolute Gasteiger partial charge is 0.272 e. The Kier molecular flexibility index (Phi) is 3.93. The second-order valence-electron chi connectivity index (χ2n) is 3.60. The van der Waals surface area contributed by atoms with Crippen molar-refractivity contribution in [2.75, 3.05) is 4.72 Å². The van der Waals surface area contributed by atoms with Crippen LogP contribution >= 0.6 is 27.3 Å². The summed E-state index contributed by atoms with van der Waals surface area (Å²) < 4.78 is 27.3. The Balaban J connectivity index is 2.26. The maximum absolute atomic E-state index is 12.1. The minimum atomic E-state index is -3.63. The lowest BCUT2D eigenvalue weighted by Gasteiger charge is -2.07. The largest absolute Gasteiger partial charge is 0.366 e. The highest BCUT2D eigenvalue weighted by Crippen LogP contribution is 2.29. The first-order chi connectivity index (χ1) is 8.90. The minimum absolute atomic E-state index is 0.200. The Morgan fingerprint density at radius 3 is 2.32 bits per heavy atom. The molecule has 2 rings (SSSR count). The van der Waals surface area contributed by atoms with Crippen molar-refractivity contribution in [2.24, 2.45) is 5.73 Å². The highest BCUT2D eigenvalue weighted by Gasteiger charge is 2.19. The standard InChI is InChI=1S/C11H9BrN2O3S2/c12-9-5-6-18-11(9)19(16,17)14-8-3-1-7(2-4-8)10(13)15/h1-6,14H,(H2,13,15). The lowest BCUT2D eigenvalue weighted by Crippen LogP contribution is -2.13. The molecule has 0 saturated heterocycles. The van der Waals surface area contributed by atoms with Gasteiger partial charge < -0.3 is 5.73 Å². The van der Waals surface area contributed by atoms with Crippen molar-refractivity contribution in [2.45, 2.75) is 4.21 Å². The van der Waals surface area contributed by atoms with Gasteiger partial charge in [-0.2, -0.15) is 0 Å². The maximum Gasteiger partial charge on any atom is 0.272 e. The number of hydrogen-bond donors (Lipinski definition) is 2. The molecule has 3 N–H and O–H groups in total. The second kappa shape index (κ2) is 5.32. The number of rotatable bonds is 4. The van der Waals surface area contributed by atoms with Crippen LogP contribution in [-0.4, -0.2) is 14.3 Å². The van der Waals surface area contributed by atoms with Gasteiger partial charge in [0.15, 0.2) is 4.21 Å². The van der Waals surface area contributed by atoms with Crippen LogP contribution in [0.5, 0.6) is 0 Å². The van der Waals surface area contributed by atoms with Gasteiger partial charge in [-0.05, 0) is 51.6 Å². The van der Waals surface area contributed by atoms with Crippen LogP contribution < -0.4 is 10.5 Å². The van der Waals surface area contributed by atoms with E-state index in [2.05, 4.69) is 20.7 Å². The van der Waals surface area contributed by atoms with Gasteiger partial charge in [0.2, 0.25) is 5.91 Å². The van der Waals surface area contributed by atoms with E-state index in [0.29, 0.717) is 15.7 Å². The number of sulfonamides is 1. The highest BCUT2D eigenvalue weighted by molar-refractivity contribution is 9.10. The summed E-state index contributed by atoms with van der Waals surface area (Å²) in [6.45, 7) is 0. The number of carbonyl (C=O) groups excluding carboxylic acids is 1. The van der Waals surface area contributed by atoms with Crippen molar-refractivity contribution >= 4 is 48.9 Å². The van der Waals surface area contributed by atoms with Gasteiger partial charge in [-0.1, -0.05) is 0 Å². The monoisotopic (exact) mass is 360 g/mol. The van der Waals surface area contributed by atoms with Crippen LogP contribution in [0.2, 0.25) is 0 Å². The predicted octanol–water partition coefficient (Wildman–Crippen LogP) is 2.41. The normalized spacial score (nSPS) is 11.2. The quantitative estimate of drug-likeness (QED) is 0.876. The number of primary amides is 1. The first-order valence-corrected chi connectivity index (χ1v) is 8.21. The molecule has 0 bridgehead atoms. The average molecular weight is 361 g/mol. The van der Waals surface area contributed by atoms with Crippen LogP contribution in [0.4, 0.5) is 5.69 Å². The van der Waals surface area contributed by atoms with Crippen LogP contribution in [0.3, 0.4) is 0 Å². The van der Waals surface area contributed by atoms with E-state index < -0.39 is 15.9 Å². The SMILES string of the molecule is NC(=O)c1ccc(NS(=O)(=O)c2sccc2Br)cc1. The third kappa shape index (κ3) is 3.14. The van der Waals surface area contributed by atoms with E-state index in [4.69, 9.17) is 5.73 Å². The summed E-state index contributed by atoms with van der Waals surface area (Å²) in [6, 6.07) is 7.56. The van der Waals surface area contributed by atoms with Crippen LogP contribution in [0, 0.1) is 0 Å². The van der Waals surface area contributed by atoms with Crippen molar-refractivity contribution in [3.05, 3.63) is 45.7 Å². The summed E-state index contributed by atoms with van der Waals surface area (Å²) >= 11 is 4.29. The van der Waals surface area contributed by atoms with E-state index in [1.165, 1.54) is 24.3 Å². The molecule has 0 aliphatic carbocycles. The summed E-state index contributed by atoms with van der Waals surface area (Å²) in [5, 5.41) is 1.68. The minimum Gasteiger partial charge on any atom is -0.366 e. The number of halogens is 1. The Morgan fingerprint density at radius 1 is 1.21 bits per heavy atom. The number of benzene rings is 1. The van der Waals surface area contributed by atoms with E-state index in [1.54, 1.807) is 11.4 Å². The molecule has 0 aliphatic rings. The third-order valence-electron chi connectivity index (χ3n) is 2.25. The fourth-order valence-corrected chi connectivity index (χ4v) is 4.77. The molecule has 0 atom stereocenters. The Morgan fingerprint density at radius 2 is 1.84 bits per heavy atom. The van der Waals surface area contributed by atoms with Crippen LogP contribution in [0.15, 0.2) is 44.4 Å². The Hall–Kier alpha value is -1.38. The second-order valence-corrected chi connectivity index (χ2v) is 7.25. The molecule has 5 nitrogen and oxygen atoms in total. The number of anilines is 1. The third-order valence-corrected chi connectivity index (χ3v) is 6.30. The highest BCUT2D eigenvalue weighted by atomic mass is 79.9. The molecule has 1 aromatic carbocycles. The molecule has 0 aliphatic heterocycles. The maximum atomic E-state index is 12.1. The molecule has 0 saturated carbocycles. The molecule has 1 aromatic heterocycles. The van der Waals surface area contributed by atoms with Crippen LogP contribution in [0.25, 0.3) is 0 Å². The molecule has 0 spiro atoms. The van der Waals surface area contributed by atoms with Crippen molar-refractivity contribution in [1.29, 1.82) is 0 Å². The fourth-order valence-electron chi connectivity index (χ4n) is 1.38. The number of carbonyl (C=O) groups is 1. The van der Waals surface area contributed by atoms with Crippen LogP contribution in [0.1, 0.15) is 10.4 Å². The van der Waals surface area contributed by atoms with Crippen LogP contribution in [-0.2, 0) is 10.0 Å². The van der Waals surface area contributed by atoms with Gasteiger partial charge in [0.1, 0.15) is 0 Å². The topological polar surface area (TPSA) is 89.3 Å². The molecule has 0 unspecified atom stereocenters. The molecule has 19 heavy (non-hydrogen) atoms.